The Morgan fingerprint density at radius 2 is 2.23 bits per heavy atom. The van der Waals surface area contributed by atoms with Crippen molar-refractivity contribution < 1.29 is 14.5 Å². The Bertz CT molecular complexity index is 793. The molecule has 1 saturated carbocycles. The van der Waals surface area contributed by atoms with Crippen LogP contribution in [0.5, 0.6) is 0 Å². The second-order valence-electron chi connectivity index (χ2n) is 5.56. The number of nitro groups is 1. The van der Waals surface area contributed by atoms with Gasteiger partial charge in [-0.3, -0.25) is 14.9 Å². The number of carbonyl (C=O) groups is 1. The molecule has 0 spiro atoms. The van der Waals surface area contributed by atoms with Crippen LogP contribution in [0.3, 0.4) is 0 Å². The molecule has 116 valence electrons. The Morgan fingerprint density at radius 1 is 1.55 bits per heavy atom. The summed E-state index contributed by atoms with van der Waals surface area (Å²) in [6, 6.07) is 1.95. The van der Waals surface area contributed by atoms with Crippen LogP contribution in [0.25, 0.3) is 10.9 Å². The number of benzene rings is 1. The number of aromatic nitrogens is 1. The Balaban J connectivity index is 2.27. The predicted molar refractivity (Wildman–Crippen MR) is 85.1 cm³/mol. The normalized spacial score (nSPS) is 14.3. The lowest BCUT2D eigenvalue weighted by molar-refractivity contribution is -0.383. The molecule has 3 rings (SSSR count). The van der Waals surface area contributed by atoms with Crippen LogP contribution in [0.2, 0.25) is 0 Å². The van der Waals surface area contributed by atoms with E-state index in [4.69, 9.17) is 4.74 Å². The first-order valence-electron chi connectivity index (χ1n) is 6.98. The minimum absolute atomic E-state index is 0.00361. The second-order valence-corrected chi connectivity index (χ2v) is 6.36. The summed E-state index contributed by atoms with van der Waals surface area (Å²) in [5.41, 5.74) is 2.66. The van der Waals surface area contributed by atoms with Gasteiger partial charge in [-0.2, -0.15) is 0 Å². The summed E-state index contributed by atoms with van der Waals surface area (Å²) in [6.45, 7) is 1.66. The summed E-state index contributed by atoms with van der Waals surface area (Å²) in [7, 11) is 1.31. The molecule has 0 radical (unpaired) electrons. The molecule has 0 saturated heterocycles. The van der Waals surface area contributed by atoms with E-state index in [1.165, 1.54) is 7.11 Å². The third kappa shape index (κ3) is 2.39. The number of hydrogen-bond donors (Lipinski definition) is 1. The van der Waals surface area contributed by atoms with Gasteiger partial charge in [-0.1, -0.05) is 0 Å². The van der Waals surface area contributed by atoms with E-state index in [0.717, 1.165) is 28.4 Å². The SMILES string of the molecule is COC(=O)Cc1c(C)c([N+](=O)[O-])c2[nH]c(C3CC3)cc2c1Br. The van der Waals surface area contributed by atoms with Gasteiger partial charge in [0.05, 0.1) is 18.5 Å². The fraction of sp³-hybridized carbons (Fsp3) is 0.400. The van der Waals surface area contributed by atoms with E-state index in [1.807, 2.05) is 6.07 Å². The molecule has 7 heteroatoms. The van der Waals surface area contributed by atoms with Gasteiger partial charge in [-0.25, -0.2) is 0 Å². The van der Waals surface area contributed by atoms with Crippen molar-refractivity contribution in [2.75, 3.05) is 7.11 Å². The Morgan fingerprint density at radius 3 is 2.77 bits per heavy atom. The topological polar surface area (TPSA) is 85.2 Å². The number of aromatic amines is 1. The van der Waals surface area contributed by atoms with Crippen LogP contribution in [0, 0.1) is 17.0 Å². The number of ether oxygens (including phenoxy) is 1. The summed E-state index contributed by atoms with van der Waals surface area (Å²) in [5, 5.41) is 12.3. The zero-order valence-corrected chi connectivity index (χ0v) is 13.8. The molecule has 6 nitrogen and oxygen atoms in total. The van der Waals surface area contributed by atoms with E-state index in [-0.39, 0.29) is 12.1 Å². The van der Waals surface area contributed by atoms with Crippen molar-refractivity contribution in [3.8, 4) is 0 Å². The quantitative estimate of drug-likeness (QED) is 0.507. The van der Waals surface area contributed by atoms with Gasteiger partial charge in [0, 0.05) is 21.1 Å². The number of esters is 1. The molecule has 1 N–H and O–H groups in total. The Labute approximate surface area is 135 Å². The number of nitrogens with zero attached hydrogens (tertiary/aromatic N) is 1. The maximum Gasteiger partial charge on any atom is 0.310 e. The third-order valence-corrected chi connectivity index (χ3v) is 5.04. The van der Waals surface area contributed by atoms with E-state index in [9.17, 15) is 14.9 Å². The molecular formula is C15H15BrN2O4. The molecule has 0 bridgehead atoms. The largest absolute Gasteiger partial charge is 0.469 e. The van der Waals surface area contributed by atoms with Gasteiger partial charge in [0.25, 0.3) is 5.69 Å². The molecular weight excluding hydrogens is 352 g/mol. The molecule has 0 atom stereocenters. The van der Waals surface area contributed by atoms with Crippen LogP contribution in [-0.2, 0) is 16.0 Å². The highest BCUT2D eigenvalue weighted by Gasteiger charge is 2.30. The van der Waals surface area contributed by atoms with Crippen LogP contribution < -0.4 is 0 Å². The van der Waals surface area contributed by atoms with Crippen LogP contribution in [0.4, 0.5) is 5.69 Å². The van der Waals surface area contributed by atoms with Gasteiger partial charge >= 0.3 is 5.97 Å². The van der Waals surface area contributed by atoms with Crippen molar-refractivity contribution in [2.45, 2.75) is 32.1 Å². The monoisotopic (exact) mass is 366 g/mol. The van der Waals surface area contributed by atoms with Crippen molar-refractivity contribution in [3.05, 3.63) is 37.5 Å². The zero-order valence-electron chi connectivity index (χ0n) is 12.2. The van der Waals surface area contributed by atoms with Crippen molar-refractivity contribution in [2.24, 2.45) is 0 Å². The highest BCUT2D eigenvalue weighted by Crippen LogP contribution is 2.45. The number of fused-ring (bicyclic) bond motifs is 1. The van der Waals surface area contributed by atoms with Crippen molar-refractivity contribution in [1.29, 1.82) is 0 Å². The van der Waals surface area contributed by atoms with Crippen LogP contribution >= 0.6 is 15.9 Å². The molecule has 1 aliphatic rings. The lowest BCUT2D eigenvalue weighted by Gasteiger charge is -2.10. The number of rotatable bonds is 4. The van der Waals surface area contributed by atoms with Gasteiger partial charge in [-0.05, 0) is 53.2 Å². The molecule has 1 heterocycles. The molecule has 1 aliphatic carbocycles. The van der Waals surface area contributed by atoms with E-state index in [2.05, 4.69) is 20.9 Å². The Kier molecular flexibility index (Phi) is 3.68. The summed E-state index contributed by atoms with van der Waals surface area (Å²) >= 11 is 3.51. The second kappa shape index (κ2) is 5.39. The van der Waals surface area contributed by atoms with Gasteiger partial charge in [0.2, 0.25) is 0 Å². The number of H-pyrrole nitrogens is 1. The summed E-state index contributed by atoms with van der Waals surface area (Å²) in [6.07, 6.45) is 2.21. The summed E-state index contributed by atoms with van der Waals surface area (Å²) in [5.74, 6) is 0.0404. The van der Waals surface area contributed by atoms with E-state index in [0.29, 0.717) is 22.6 Å². The molecule has 0 aliphatic heterocycles. The molecule has 1 aromatic heterocycles. The number of nitrogens with one attached hydrogen (secondary N) is 1. The van der Waals surface area contributed by atoms with Crippen molar-refractivity contribution >= 4 is 38.5 Å². The average Bonchev–Trinajstić information content (AvgIpc) is 3.23. The van der Waals surface area contributed by atoms with Crippen LogP contribution in [0.15, 0.2) is 10.5 Å². The molecule has 22 heavy (non-hydrogen) atoms. The van der Waals surface area contributed by atoms with E-state index in [1.54, 1.807) is 6.92 Å². The molecule has 1 fully saturated rings. The zero-order chi connectivity index (χ0) is 16.0. The Hall–Kier alpha value is -1.89. The maximum atomic E-state index is 11.6. The number of nitro benzene ring substituents is 1. The highest BCUT2D eigenvalue weighted by molar-refractivity contribution is 9.10. The predicted octanol–water partition coefficient (Wildman–Crippen LogP) is 3.74. The van der Waals surface area contributed by atoms with E-state index >= 15 is 0 Å². The molecule has 1 aromatic carbocycles. The third-order valence-electron chi connectivity index (χ3n) is 4.13. The molecule has 0 unspecified atom stereocenters. The van der Waals surface area contributed by atoms with Crippen molar-refractivity contribution in [3.63, 3.8) is 0 Å². The number of methoxy groups -OCH3 is 1. The van der Waals surface area contributed by atoms with Crippen LogP contribution in [0.1, 0.15) is 35.6 Å². The number of halogens is 1. The highest BCUT2D eigenvalue weighted by atomic mass is 79.9. The van der Waals surface area contributed by atoms with Gasteiger partial charge in [0.1, 0.15) is 5.52 Å². The van der Waals surface area contributed by atoms with Crippen molar-refractivity contribution in [1.82, 2.24) is 4.98 Å². The minimum atomic E-state index is -0.421. The average molecular weight is 367 g/mol. The first-order chi connectivity index (χ1) is 10.4. The van der Waals surface area contributed by atoms with Gasteiger partial charge < -0.3 is 9.72 Å². The lowest BCUT2D eigenvalue weighted by atomic mass is 10.0. The number of carbonyl (C=O) groups excluding carboxylic acids is 1. The summed E-state index contributed by atoms with van der Waals surface area (Å²) in [4.78, 5) is 25.9. The molecule has 2 aromatic rings. The minimum Gasteiger partial charge on any atom is -0.469 e. The first kappa shape index (κ1) is 15.0. The summed E-state index contributed by atoms with van der Waals surface area (Å²) < 4.78 is 5.41. The van der Waals surface area contributed by atoms with Gasteiger partial charge in [-0.15, -0.1) is 0 Å². The smallest absolute Gasteiger partial charge is 0.310 e. The fourth-order valence-corrected chi connectivity index (χ4v) is 3.51. The molecule has 0 amide bonds. The maximum absolute atomic E-state index is 11.6. The first-order valence-corrected chi connectivity index (χ1v) is 7.78. The van der Waals surface area contributed by atoms with Gasteiger partial charge in [0.15, 0.2) is 0 Å². The lowest BCUT2D eigenvalue weighted by Crippen LogP contribution is -2.08. The fourth-order valence-electron chi connectivity index (χ4n) is 2.76. The van der Waals surface area contributed by atoms with Crippen LogP contribution in [-0.4, -0.2) is 23.0 Å². The number of hydrogen-bond acceptors (Lipinski definition) is 4. The van der Waals surface area contributed by atoms with E-state index < -0.39 is 10.9 Å². The standard InChI is InChI=1S/C15H15BrN2O4/c1-7-9(6-12(19)22-2)13(16)10-5-11(8-3-4-8)17-14(10)15(7)18(20)21/h5,8,17H,3-4,6H2,1-2H3.